The largest absolute Gasteiger partial charge is 0.493 e. The number of nitrogens with zero attached hydrogens (tertiary/aromatic N) is 2. The molecular weight excluding hydrogens is 516 g/mol. The normalized spacial score (nSPS) is 16.3. The number of rotatable bonds is 9. The molecule has 0 aliphatic carbocycles. The molecule has 0 spiro atoms. The number of hydrogen-bond acceptors (Lipinski definition) is 4. The Hall–Kier alpha value is -3.71. The van der Waals surface area contributed by atoms with Crippen molar-refractivity contribution in [2.45, 2.75) is 58.7 Å². The first kappa shape index (κ1) is 28.3. The van der Waals surface area contributed by atoms with Gasteiger partial charge in [-0.15, -0.1) is 0 Å². The molecule has 3 atom stereocenters. The Bertz CT molecular complexity index is 1330. The summed E-state index contributed by atoms with van der Waals surface area (Å²) in [5.41, 5.74) is 4.32. The van der Waals surface area contributed by atoms with E-state index < -0.39 is 12.1 Å². The highest BCUT2D eigenvalue weighted by Gasteiger charge is 2.36. The maximum atomic E-state index is 13.7. The molecule has 1 N–H and O–H groups in total. The van der Waals surface area contributed by atoms with E-state index in [1.165, 1.54) is 4.90 Å². The molecule has 3 aromatic rings. The predicted octanol–water partition coefficient (Wildman–Crippen LogP) is 7.27. The number of benzene rings is 3. The number of carboxylic acid groups (broad SMARTS) is 1. The Morgan fingerprint density at radius 1 is 1.08 bits per heavy atom. The van der Waals surface area contributed by atoms with E-state index >= 15 is 0 Å². The molecule has 2 unspecified atom stereocenters. The molecule has 0 saturated carbocycles. The number of methoxy groups -OCH3 is 1. The number of ether oxygens (including phenoxy) is 2. The summed E-state index contributed by atoms with van der Waals surface area (Å²) in [6, 6.07) is 18.2. The van der Waals surface area contributed by atoms with E-state index in [-0.39, 0.29) is 24.5 Å². The smallest absolute Gasteiger partial charge is 0.407 e. The number of carbonyl (C=O) groups is 2. The van der Waals surface area contributed by atoms with Crippen LogP contribution in [0.15, 0.2) is 60.7 Å². The molecule has 3 aromatic carbocycles. The average molecular weight is 551 g/mol. The van der Waals surface area contributed by atoms with Crippen LogP contribution in [0, 0.1) is 0 Å². The minimum atomic E-state index is -0.967. The van der Waals surface area contributed by atoms with E-state index in [2.05, 4.69) is 6.92 Å². The number of fused-ring (bicyclic) bond motifs is 1. The standard InChI is InChI=1S/C31H35ClN2O5/c1-6-19(3)39-28-18-26-23(16-27(28)38-5)17-29(35)34(30(26)22-8-12-24(32)13-9-22)25-14-10-21(11-15-25)20(4)33(7-2)31(36)37/h8-16,18-20,30H,6-7,17H2,1-5H3,(H,36,37)/t19-,20?,30?/m1/s1. The molecule has 0 fully saturated rings. The molecule has 1 aliphatic rings. The second-order valence-electron chi connectivity index (χ2n) is 9.77. The highest BCUT2D eigenvalue weighted by atomic mass is 35.5. The van der Waals surface area contributed by atoms with Gasteiger partial charge in [-0.05, 0) is 85.8 Å². The van der Waals surface area contributed by atoms with Gasteiger partial charge in [0.2, 0.25) is 5.91 Å². The van der Waals surface area contributed by atoms with Gasteiger partial charge in [0, 0.05) is 17.3 Å². The summed E-state index contributed by atoms with van der Waals surface area (Å²) in [5.74, 6) is 1.18. The summed E-state index contributed by atoms with van der Waals surface area (Å²) in [6.07, 6.45) is 0.0779. The van der Waals surface area contributed by atoms with Crippen LogP contribution in [0.1, 0.15) is 68.5 Å². The van der Waals surface area contributed by atoms with Crippen molar-refractivity contribution >= 4 is 29.3 Å². The molecule has 4 rings (SSSR count). The summed E-state index contributed by atoms with van der Waals surface area (Å²) < 4.78 is 11.8. The SMILES string of the molecule is CC[C@@H](C)Oc1cc2c(cc1OC)CC(=O)N(c1ccc(C(C)N(CC)C(=O)O)cc1)C2c1ccc(Cl)cc1. The summed E-state index contributed by atoms with van der Waals surface area (Å²) in [6.45, 7) is 8.12. The van der Waals surface area contributed by atoms with Crippen LogP contribution in [0.4, 0.5) is 10.5 Å². The third-order valence-corrected chi connectivity index (χ3v) is 7.64. The van der Waals surface area contributed by atoms with Gasteiger partial charge in [-0.25, -0.2) is 4.79 Å². The van der Waals surface area contributed by atoms with Crippen LogP contribution in [-0.4, -0.2) is 41.8 Å². The zero-order valence-electron chi connectivity index (χ0n) is 23.0. The van der Waals surface area contributed by atoms with Gasteiger partial charge in [-0.1, -0.05) is 42.8 Å². The molecular formula is C31H35ClN2O5. The molecule has 0 aromatic heterocycles. The quantitative estimate of drug-likeness (QED) is 0.303. The Morgan fingerprint density at radius 2 is 1.74 bits per heavy atom. The number of amides is 2. The van der Waals surface area contributed by atoms with Gasteiger partial charge in [0.1, 0.15) is 0 Å². The molecule has 0 bridgehead atoms. The van der Waals surface area contributed by atoms with Crippen molar-refractivity contribution in [3.63, 3.8) is 0 Å². The fraction of sp³-hybridized carbons (Fsp3) is 0.355. The maximum Gasteiger partial charge on any atom is 0.407 e. The van der Waals surface area contributed by atoms with E-state index in [1.54, 1.807) is 12.0 Å². The van der Waals surface area contributed by atoms with E-state index in [4.69, 9.17) is 21.1 Å². The van der Waals surface area contributed by atoms with Gasteiger partial charge < -0.3 is 24.4 Å². The lowest BCUT2D eigenvalue weighted by Gasteiger charge is -2.38. The summed E-state index contributed by atoms with van der Waals surface area (Å²) >= 11 is 6.21. The van der Waals surface area contributed by atoms with E-state index in [0.717, 1.165) is 34.4 Å². The van der Waals surface area contributed by atoms with Gasteiger partial charge >= 0.3 is 6.09 Å². The first-order valence-electron chi connectivity index (χ1n) is 13.2. The lowest BCUT2D eigenvalue weighted by atomic mass is 9.86. The van der Waals surface area contributed by atoms with Gasteiger partial charge in [0.05, 0.1) is 31.7 Å². The van der Waals surface area contributed by atoms with Crippen molar-refractivity contribution in [1.29, 1.82) is 0 Å². The Labute approximate surface area is 234 Å². The summed E-state index contributed by atoms with van der Waals surface area (Å²) in [4.78, 5) is 28.5. The molecule has 206 valence electrons. The van der Waals surface area contributed by atoms with Crippen LogP contribution in [0.5, 0.6) is 11.5 Å². The molecule has 0 radical (unpaired) electrons. The second-order valence-corrected chi connectivity index (χ2v) is 10.2. The number of carbonyl (C=O) groups excluding carboxylic acids is 1. The second kappa shape index (κ2) is 12.0. The van der Waals surface area contributed by atoms with E-state index in [9.17, 15) is 14.7 Å². The van der Waals surface area contributed by atoms with Crippen molar-refractivity contribution in [3.8, 4) is 11.5 Å². The average Bonchev–Trinajstić information content (AvgIpc) is 2.93. The van der Waals surface area contributed by atoms with Gasteiger partial charge in [-0.3, -0.25) is 4.79 Å². The maximum absolute atomic E-state index is 13.7. The minimum absolute atomic E-state index is 0.00437. The first-order valence-corrected chi connectivity index (χ1v) is 13.6. The van der Waals surface area contributed by atoms with Crippen molar-refractivity contribution in [3.05, 3.63) is 87.9 Å². The highest BCUT2D eigenvalue weighted by molar-refractivity contribution is 6.30. The number of hydrogen-bond donors (Lipinski definition) is 1. The van der Waals surface area contributed by atoms with Crippen LogP contribution >= 0.6 is 11.6 Å². The van der Waals surface area contributed by atoms with Crippen molar-refractivity contribution < 1.29 is 24.2 Å². The molecule has 39 heavy (non-hydrogen) atoms. The monoisotopic (exact) mass is 550 g/mol. The van der Waals surface area contributed by atoms with Gasteiger partial charge in [0.15, 0.2) is 11.5 Å². The van der Waals surface area contributed by atoms with Crippen LogP contribution in [-0.2, 0) is 11.2 Å². The van der Waals surface area contributed by atoms with E-state index in [0.29, 0.717) is 23.1 Å². The zero-order valence-corrected chi connectivity index (χ0v) is 23.7. The lowest BCUT2D eigenvalue weighted by Crippen LogP contribution is -2.41. The fourth-order valence-corrected chi connectivity index (χ4v) is 5.17. The van der Waals surface area contributed by atoms with Crippen molar-refractivity contribution in [2.24, 2.45) is 0 Å². The van der Waals surface area contributed by atoms with Crippen LogP contribution < -0.4 is 14.4 Å². The predicted molar refractivity (Wildman–Crippen MR) is 153 cm³/mol. The fourth-order valence-electron chi connectivity index (χ4n) is 5.04. The molecule has 7 nitrogen and oxygen atoms in total. The number of anilines is 1. The summed E-state index contributed by atoms with van der Waals surface area (Å²) in [5, 5.41) is 10.2. The van der Waals surface area contributed by atoms with Crippen LogP contribution in [0.3, 0.4) is 0 Å². The van der Waals surface area contributed by atoms with Gasteiger partial charge in [0.25, 0.3) is 0 Å². The van der Waals surface area contributed by atoms with E-state index in [1.807, 2.05) is 81.4 Å². The highest BCUT2D eigenvalue weighted by Crippen LogP contribution is 2.44. The number of halogens is 1. The lowest BCUT2D eigenvalue weighted by molar-refractivity contribution is -0.118. The van der Waals surface area contributed by atoms with Crippen LogP contribution in [0.2, 0.25) is 5.02 Å². The zero-order chi connectivity index (χ0) is 28.3. The molecule has 2 amide bonds. The molecule has 1 aliphatic heterocycles. The minimum Gasteiger partial charge on any atom is -0.493 e. The Balaban J connectivity index is 1.82. The summed E-state index contributed by atoms with van der Waals surface area (Å²) in [7, 11) is 1.60. The van der Waals surface area contributed by atoms with Gasteiger partial charge in [-0.2, -0.15) is 0 Å². The third-order valence-electron chi connectivity index (χ3n) is 7.39. The third kappa shape index (κ3) is 5.83. The van der Waals surface area contributed by atoms with Crippen molar-refractivity contribution in [2.75, 3.05) is 18.6 Å². The molecule has 8 heteroatoms. The van der Waals surface area contributed by atoms with Crippen LogP contribution in [0.25, 0.3) is 0 Å². The Morgan fingerprint density at radius 3 is 2.31 bits per heavy atom. The molecule has 1 heterocycles. The van der Waals surface area contributed by atoms with Crippen molar-refractivity contribution in [1.82, 2.24) is 4.90 Å². The Kier molecular flexibility index (Phi) is 8.70. The first-order chi connectivity index (χ1) is 18.7. The molecule has 0 saturated heterocycles. The topological polar surface area (TPSA) is 79.3 Å².